The van der Waals surface area contributed by atoms with Gasteiger partial charge in [0.2, 0.25) is 5.96 Å². The maximum absolute atomic E-state index is 13.6. The molecule has 1 saturated heterocycles. The maximum atomic E-state index is 13.6. The summed E-state index contributed by atoms with van der Waals surface area (Å²) in [6, 6.07) is 9.30. The van der Waals surface area contributed by atoms with Gasteiger partial charge >= 0.3 is 6.03 Å². The second-order valence-corrected chi connectivity index (χ2v) is 8.97. The zero-order chi connectivity index (χ0) is 23.2. The Kier molecular flexibility index (Phi) is 5.79. The first kappa shape index (κ1) is 22.0. The van der Waals surface area contributed by atoms with Crippen molar-refractivity contribution in [1.82, 2.24) is 24.5 Å². The van der Waals surface area contributed by atoms with E-state index in [0.717, 1.165) is 29.8 Å². The van der Waals surface area contributed by atoms with E-state index in [1.165, 1.54) is 10.5 Å². The second-order valence-electron chi connectivity index (χ2n) is 8.97. The molecule has 0 spiro atoms. The van der Waals surface area contributed by atoms with Crippen LogP contribution in [-0.4, -0.2) is 74.2 Å². The SMILES string of the molecule is Cc1nn(C2=NC3C(C(=O)N(CCCc4ccccc4)C(=O)N3C)N2C(C)C)c(C)c1C. The molecule has 1 fully saturated rings. The Morgan fingerprint density at radius 2 is 1.75 bits per heavy atom. The van der Waals surface area contributed by atoms with Crippen LogP contribution >= 0.6 is 0 Å². The molecule has 3 heterocycles. The van der Waals surface area contributed by atoms with Gasteiger partial charge in [-0.05, 0) is 58.6 Å². The van der Waals surface area contributed by atoms with Gasteiger partial charge in [0, 0.05) is 25.3 Å². The molecule has 4 rings (SSSR count). The van der Waals surface area contributed by atoms with Crippen molar-refractivity contribution in [3.8, 4) is 0 Å². The lowest BCUT2D eigenvalue weighted by Gasteiger charge is -2.42. The van der Waals surface area contributed by atoms with Crippen LogP contribution in [0, 0.1) is 20.8 Å². The highest BCUT2D eigenvalue weighted by Crippen LogP contribution is 2.31. The molecule has 2 unspecified atom stereocenters. The van der Waals surface area contributed by atoms with Gasteiger partial charge < -0.3 is 9.80 Å². The standard InChI is InChI=1S/C24H32N6O2/c1-15(2)29-20-21(25-23(29)30-18(5)16(3)17(4)26-30)27(6)24(32)28(22(20)31)14-10-13-19-11-8-7-9-12-19/h7-9,11-12,15,20-21H,10,13-14H2,1-6H3. The largest absolute Gasteiger partial charge is 0.328 e. The van der Waals surface area contributed by atoms with Crippen LogP contribution in [0.4, 0.5) is 4.79 Å². The zero-order valence-corrected chi connectivity index (χ0v) is 19.7. The number of hydrogen-bond donors (Lipinski definition) is 0. The Labute approximate surface area is 189 Å². The lowest BCUT2D eigenvalue weighted by atomic mass is 10.1. The Balaban J connectivity index is 1.60. The van der Waals surface area contributed by atoms with Gasteiger partial charge in [0.15, 0.2) is 12.2 Å². The van der Waals surface area contributed by atoms with Gasteiger partial charge in [-0.25, -0.2) is 14.5 Å². The molecule has 2 aliphatic rings. The molecule has 1 aromatic carbocycles. The summed E-state index contributed by atoms with van der Waals surface area (Å²) in [4.78, 5) is 36.5. The summed E-state index contributed by atoms with van der Waals surface area (Å²) in [6.07, 6.45) is 0.983. The van der Waals surface area contributed by atoms with Crippen LogP contribution in [0.25, 0.3) is 0 Å². The van der Waals surface area contributed by atoms with Gasteiger partial charge in [0.25, 0.3) is 5.91 Å². The number of aliphatic imine (C=N–C) groups is 1. The number of rotatable bonds is 5. The van der Waals surface area contributed by atoms with E-state index in [4.69, 9.17) is 4.99 Å². The van der Waals surface area contributed by atoms with Crippen LogP contribution < -0.4 is 0 Å². The summed E-state index contributed by atoms with van der Waals surface area (Å²) in [6.45, 7) is 10.5. The Morgan fingerprint density at radius 3 is 2.34 bits per heavy atom. The van der Waals surface area contributed by atoms with E-state index in [0.29, 0.717) is 12.5 Å². The predicted molar refractivity (Wildman–Crippen MR) is 123 cm³/mol. The van der Waals surface area contributed by atoms with Gasteiger partial charge in [-0.3, -0.25) is 9.69 Å². The van der Waals surface area contributed by atoms with E-state index in [2.05, 4.69) is 17.2 Å². The molecule has 8 nitrogen and oxygen atoms in total. The molecule has 32 heavy (non-hydrogen) atoms. The molecular formula is C24H32N6O2. The second kappa shape index (κ2) is 8.41. The average molecular weight is 437 g/mol. The van der Waals surface area contributed by atoms with Gasteiger partial charge in [0.05, 0.1) is 5.69 Å². The van der Waals surface area contributed by atoms with E-state index in [9.17, 15) is 9.59 Å². The molecule has 2 aromatic rings. The van der Waals surface area contributed by atoms with Gasteiger partial charge in [-0.1, -0.05) is 30.3 Å². The summed E-state index contributed by atoms with van der Waals surface area (Å²) in [5, 5.41) is 4.67. The average Bonchev–Trinajstić information content (AvgIpc) is 3.29. The van der Waals surface area contributed by atoms with Gasteiger partial charge in [-0.15, -0.1) is 0 Å². The smallest absolute Gasteiger partial charge is 0.323 e. The van der Waals surface area contributed by atoms with Crippen LogP contribution in [0.3, 0.4) is 0 Å². The number of benzene rings is 1. The zero-order valence-electron chi connectivity index (χ0n) is 19.7. The van der Waals surface area contributed by atoms with Crippen LogP contribution in [0.2, 0.25) is 0 Å². The quantitative estimate of drug-likeness (QED) is 0.722. The Bertz CT molecular complexity index is 1060. The first-order valence-electron chi connectivity index (χ1n) is 11.2. The fourth-order valence-electron chi connectivity index (χ4n) is 4.55. The first-order valence-corrected chi connectivity index (χ1v) is 11.2. The molecular weight excluding hydrogens is 404 g/mol. The lowest BCUT2D eigenvalue weighted by molar-refractivity contribution is -0.138. The molecule has 1 aromatic heterocycles. The fraction of sp³-hybridized carbons (Fsp3) is 0.500. The highest BCUT2D eigenvalue weighted by atomic mass is 16.2. The van der Waals surface area contributed by atoms with E-state index in [1.54, 1.807) is 11.9 Å². The van der Waals surface area contributed by atoms with Crippen molar-refractivity contribution in [2.75, 3.05) is 13.6 Å². The summed E-state index contributed by atoms with van der Waals surface area (Å²) in [5.74, 6) is 0.444. The number of hydrogen-bond acceptors (Lipinski definition) is 5. The molecule has 0 aliphatic carbocycles. The summed E-state index contributed by atoms with van der Waals surface area (Å²) < 4.78 is 1.81. The van der Waals surface area contributed by atoms with E-state index >= 15 is 0 Å². The highest BCUT2D eigenvalue weighted by Gasteiger charge is 2.53. The Morgan fingerprint density at radius 1 is 1.06 bits per heavy atom. The van der Waals surface area contributed by atoms with E-state index in [1.807, 2.05) is 62.4 Å². The van der Waals surface area contributed by atoms with E-state index in [-0.39, 0.29) is 18.0 Å². The summed E-state index contributed by atoms with van der Waals surface area (Å²) >= 11 is 0. The van der Waals surface area contributed by atoms with Crippen LogP contribution in [0.5, 0.6) is 0 Å². The molecule has 3 amide bonds. The molecule has 8 heteroatoms. The third kappa shape index (κ3) is 3.57. The predicted octanol–water partition coefficient (Wildman–Crippen LogP) is 2.96. The molecule has 0 saturated carbocycles. The van der Waals surface area contributed by atoms with E-state index < -0.39 is 12.2 Å². The summed E-state index contributed by atoms with van der Waals surface area (Å²) in [7, 11) is 1.73. The number of fused-ring (bicyclic) bond motifs is 1. The lowest BCUT2D eigenvalue weighted by Crippen LogP contribution is -2.66. The third-order valence-corrected chi connectivity index (χ3v) is 6.60. The number of likely N-dealkylation sites (N-methyl/N-ethyl adjacent to an activating group) is 1. The maximum Gasteiger partial charge on any atom is 0.328 e. The molecule has 170 valence electrons. The van der Waals surface area contributed by atoms with Gasteiger partial charge in [0.1, 0.15) is 0 Å². The third-order valence-electron chi connectivity index (χ3n) is 6.60. The minimum Gasteiger partial charge on any atom is -0.323 e. The highest BCUT2D eigenvalue weighted by molar-refractivity contribution is 6.04. The first-order chi connectivity index (χ1) is 15.2. The Hall–Kier alpha value is -3.16. The topological polar surface area (TPSA) is 74.0 Å². The monoisotopic (exact) mass is 436 g/mol. The van der Waals surface area contributed by atoms with Crippen LogP contribution in [0.1, 0.15) is 42.8 Å². The summed E-state index contributed by atoms with van der Waals surface area (Å²) in [5.41, 5.74) is 4.23. The number of carbonyl (C=O) groups is 2. The number of imide groups is 1. The number of nitrogens with zero attached hydrogens (tertiary/aromatic N) is 6. The molecule has 0 bridgehead atoms. The number of amides is 3. The molecule has 2 aliphatic heterocycles. The number of urea groups is 1. The fourth-order valence-corrected chi connectivity index (χ4v) is 4.55. The van der Waals surface area contributed by atoms with Crippen molar-refractivity contribution in [3.63, 3.8) is 0 Å². The number of aryl methyl sites for hydroxylation is 2. The molecule has 2 atom stereocenters. The minimum atomic E-state index is -0.554. The normalized spacial score (nSPS) is 21.0. The van der Waals surface area contributed by atoms with Crippen molar-refractivity contribution in [3.05, 3.63) is 52.8 Å². The number of aromatic nitrogens is 2. The van der Waals surface area contributed by atoms with Gasteiger partial charge in [-0.2, -0.15) is 5.10 Å². The van der Waals surface area contributed by atoms with Crippen LogP contribution in [-0.2, 0) is 11.2 Å². The van der Waals surface area contributed by atoms with Crippen molar-refractivity contribution in [1.29, 1.82) is 0 Å². The van der Waals surface area contributed by atoms with Crippen molar-refractivity contribution >= 4 is 17.9 Å². The van der Waals surface area contributed by atoms with Crippen molar-refractivity contribution in [2.45, 2.75) is 65.7 Å². The van der Waals surface area contributed by atoms with Crippen molar-refractivity contribution in [2.24, 2.45) is 4.99 Å². The molecule has 0 N–H and O–H groups in total. The number of carbonyl (C=O) groups excluding carboxylic acids is 2. The van der Waals surface area contributed by atoms with Crippen LogP contribution in [0.15, 0.2) is 35.3 Å². The molecule has 0 radical (unpaired) electrons. The minimum absolute atomic E-state index is 0.0182. The van der Waals surface area contributed by atoms with Crippen molar-refractivity contribution < 1.29 is 9.59 Å².